The van der Waals surface area contributed by atoms with Gasteiger partial charge in [-0.05, 0) is 69.8 Å². The van der Waals surface area contributed by atoms with Gasteiger partial charge in [-0.1, -0.05) is 23.4 Å². The Labute approximate surface area is 245 Å². The number of nitrogens with one attached hydrogen (secondary N) is 2. The Morgan fingerprint density at radius 2 is 1.86 bits per heavy atom. The summed E-state index contributed by atoms with van der Waals surface area (Å²) in [6, 6.07) is 11.2. The number of ether oxygens (including phenoxy) is 2. The zero-order chi connectivity index (χ0) is 30.1. The van der Waals surface area contributed by atoms with Crippen LogP contribution in [0.3, 0.4) is 0 Å². The van der Waals surface area contributed by atoms with E-state index in [4.69, 9.17) is 9.26 Å². The number of benzene rings is 2. The summed E-state index contributed by atoms with van der Waals surface area (Å²) in [5, 5.41) is 7.03. The van der Waals surface area contributed by atoms with Crippen LogP contribution in [0.4, 0.5) is 23.2 Å². The standard InChI is InChI=1S/C30H32F4N4O5/c1-35-29(37-41-16-39)22-11-10-20(14-25(22)31)38-18-8-9-19(38)13-21(12-18)40-15-24-27(36-43-28(24)17-6-7-17)23-4-2-3-5-26(23)42-30(32,33)34/h2-5,10-11,14,16-19,21,29,35,37H,6-9,12-13,15H2,1H3. The van der Waals surface area contributed by atoms with E-state index < -0.39 is 18.3 Å². The topological polar surface area (TPSA) is 98.1 Å². The van der Waals surface area contributed by atoms with E-state index in [-0.39, 0.29) is 48.5 Å². The van der Waals surface area contributed by atoms with Crippen LogP contribution in [-0.4, -0.2) is 43.2 Å². The molecule has 2 aromatic carbocycles. The van der Waals surface area contributed by atoms with Gasteiger partial charge in [-0.3, -0.25) is 10.1 Å². The first-order valence-electron chi connectivity index (χ1n) is 14.3. The van der Waals surface area contributed by atoms with Crippen molar-refractivity contribution in [1.82, 2.24) is 16.0 Å². The molecule has 0 radical (unpaired) electrons. The number of nitrogens with zero attached hydrogens (tertiary/aromatic N) is 2. The SMILES string of the molecule is CNC(NOC=O)c1ccc(N2C3CCC2CC(OCc2c(-c4ccccc4OC(F)(F)F)noc2C2CC2)C3)cc1F. The Kier molecular flexibility index (Phi) is 8.29. The summed E-state index contributed by atoms with van der Waals surface area (Å²) in [5.41, 5.74) is 4.70. The summed E-state index contributed by atoms with van der Waals surface area (Å²) >= 11 is 0. The summed E-state index contributed by atoms with van der Waals surface area (Å²) in [6.07, 6.45) is -0.460. The van der Waals surface area contributed by atoms with Gasteiger partial charge in [0.25, 0.3) is 0 Å². The quantitative estimate of drug-likeness (QED) is 0.114. The maximum absolute atomic E-state index is 15.1. The lowest BCUT2D eigenvalue weighted by atomic mass is 9.98. The van der Waals surface area contributed by atoms with Gasteiger partial charge in [0.1, 0.15) is 29.2 Å². The van der Waals surface area contributed by atoms with Gasteiger partial charge >= 0.3 is 12.8 Å². The number of hydrogen-bond donors (Lipinski definition) is 2. The van der Waals surface area contributed by atoms with Crippen LogP contribution in [0.2, 0.25) is 0 Å². The Hall–Kier alpha value is -3.68. The maximum atomic E-state index is 15.1. The number of hydroxylamine groups is 1. The lowest BCUT2D eigenvalue weighted by Gasteiger charge is -2.40. The highest BCUT2D eigenvalue weighted by Gasteiger charge is 2.42. The van der Waals surface area contributed by atoms with Crippen LogP contribution in [0.5, 0.6) is 5.75 Å². The lowest BCUT2D eigenvalue weighted by molar-refractivity contribution is -0.274. The zero-order valence-electron chi connectivity index (χ0n) is 23.4. The first-order chi connectivity index (χ1) is 20.8. The van der Waals surface area contributed by atoms with Gasteiger partial charge in [-0.2, -0.15) is 0 Å². The van der Waals surface area contributed by atoms with Gasteiger partial charge in [0.05, 0.1) is 12.7 Å². The fraction of sp³-hybridized carbons (Fsp3) is 0.467. The Morgan fingerprint density at radius 1 is 1.12 bits per heavy atom. The van der Waals surface area contributed by atoms with Crippen molar-refractivity contribution in [2.24, 2.45) is 0 Å². The van der Waals surface area contributed by atoms with Gasteiger partial charge in [-0.15, -0.1) is 18.7 Å². The number of fused-ring (bicyclic) bond motifs is 2. The minimum atomic E-state index is -4.84. The Balaban J connectivity index is 1.16. The molecule has 2 aliphatic heterocycles. The van der Waals surface area contributed by atoms with Crippen LogP contribution in [-0.2, 0) is 21.0 Å². The minimum absolute atomic E-state index is 0.0901. The molecule has 43 heavy (non-hydrogen) atoms. The summed E-state index contributed by atoms with van der Waals surface area (Å²) in [4.78, 5) is 17.4. The maximum Gasteiger partial charge on any atom is 0.573 e. The number of hydrogen-bond acceptors (Lipinski definition) is 9. The normalized spacial score (nSPS) is 22.4. The zero-order valence-corrected chi connectivity index (χ0v) is 23.4. The van der Waals surface area contributed by atoms with Crippen molar-refractivity contribution in [3.8, 4) is 17.0 Å². The van der Waals surface area contributed by atoms with E-state index in [0.29, 0.717) is 22.6 Å². The van der Waals surface area contributed by atoms with E-state index in [9.17, 15) is 18.0 Å². The third-order valence-corrected chi connectivity index (χ3v) is 8.40. The molecular formula is C30H32F4N4O5. The monoisotopic (exact) mass is 604 g/mol. The predicted molar refractivity (Wildman–Crippen MR) is 146 cm³/mol. The van der Waals surface area contributed by atoms with Crippen LogP contribution < -0.4 is 20.4 Å². The van der Waals surface area contributed by atoms with Crippen molar-refractivity contribution < 1.29 is 41.2 Å². The van der Waals surface area contributed by atoms with Gasteiger partial charge in [0.15, 0.2) is 0 Å². The van der Waals surface area contributed by atoms with Crippen molar-refractivity contribution in [3.63, 3.8) is 0 Å². The van der Waals surface area contributed by atoms with E-state index in [1.165, 1.54) is 24.3 Å². The molecule has 3 aliphatic rings. The van der Waals surface area contributed by atoms with Crippen molar-refractivity contribution in [1.29, 1.82) is 0 Å². The molecule has 6 rings (SSSR count). The van der Waals surface area contributed by atoms with Crippen molar-refractivity contribution in [2.45, 2.75) is 81.8 Å². The summed E-state index contributed by atoms with van der Waals surface area (Å²) in [6.45, 7) is 0.387. The van der Waals surface area contributed by atoms with Crippen LogP contribution in [0.15, 0.2) is 47.0 Å². The van der Waals surface area contributed by atoms with Crippen LogP contribution >= 0.6 is 0 Å². The van der Waals surface area contributed by atoms with Crippen LogP contribution in [0.1, 0.15) is 67.5 Å². The fourth-order valence-corrected chi connectivity index (χ4v) is 6.39. The number of halogens is 4. The predicted octanol–water partition coefficient (Wildman–Crippen LogP) is 5.87. The number of piperidine rings is 1. The lowest BCUT2D eigenvalue weighted by Crippen LogP contribution is -2.45. The second-order valence-corrected chi connectivity index (χ2v) is 11.1. The van der Waals surface area contributed by atoms with Crippen LogP contribution in [0.25, 0.3) is 11.3 Å². The summed E-state index contributed by atoms with van der Waals surface area (Å²) in [5.74, 6) is 0.0541. The average molecular weight is 605 g/mol. The van der Waals surface area contributed by atoms with Gasteiger partial charge in [0.2, 0.25) is 0 Å². The van der Waals surface area contributed by atoms with Gasteiger partial charge in [-0.25, -0.2) is 4.39 Å². The van der Waals surface area contributed by atoms with Gasteiger partial charge < -0.3 is 23.7 Å². The Morgan fingerprint density at radius 3 is 2.51 bits per heavy atom. The minimum Gasteiger partial charge on any atom is -0.405 e. The molecule has 2 saturated heterocycles. The smallest absolute Gasteiger partial charge is 0.405 e. The summed E-state index contributed by atoms with van der Waals surface area (Å²) < 4.78 is 70.8. The third-order valence-electron chi connectivity index (χ3n) is 8.40. The fourth-order valence-electron chi connectivity index (χ4n) is 6.39. The molecule has 3 heterocycles. The third kappa shape index (κ3) is 6.34. The highest BCUT2D eigenvalue weighted by molar-refractivity contribution is 5.70. The van der Waals surface area contributed by atoms with Crippen molar-refractivity contribution in [3.05, 3.63) is 65.2 Å². The van der Waals surface area contributed by atoms with Crippen LogP contribution in [0, 0.1) is 5.82 Å². The highest BCUT2D eigenvalue weighted by atomic mass is 19.4. The molecule has 2 N–H and O–H groups in total. The van der Waals surface area contributed by atoms with E-state index in [1.807, 2.05) is 6.07 Å². The first-order valence-corrected chi connectivity index (χ1v) is 14.3. The molecule has 0 amide bonds. The van der Waals surface area contributed by atoms with E-state index in [2.05, 4.69) is 30.4 Å². The van der Waals surface area contributed by atoms with E-state index >= 15 is 4.39 Å². The molecule has 3 aromatic rings. The van der Waals surface area contributed by atoms with Crippen molar-refractivity contribution >= 4 is 12.2 Å². The molecule has 3 unspecified atom stereocenters. The molecule has 1 aliphatic carbocycles. The summed E-state index contributed by atoms with van der Waals surface area (Å²) in [7, 11) is 1.62. The number of alkyl halides is 3. The van der Waals surface area contributed by atoms with Crippen molar-refractivity contribution in [2.75, 3.05) is 11.9 Å². The number of para-hydroxylation sites is 1. The number of carbonyl (C=O) groups is 1. The number of anilines is 1. The van der Waals surface area contributed by atoms with E-state index in [1.54, 1.807) is 19.2 Å². The molecule has 1 saturated carbocycles. The number of rotatable bonds is 12. The molecule has 0 spiro atoms. The molecule has 1 aromatic heterocycles. The largest absolute Gasteiger partial charge is 0.573 e. The number of carbonyl (C=O) groups excluding carboxylic acids is 1. The molecule has 13 heteroatoms. The van der Waals surface area contributed by atoms with Gasteiger partial charge in [0, 0.05) is 40.4 Å². The number of aromatic nitrogens is 1. The molecular weight excluding hydrogens is 572 g/mol. The van der Waals surface area contributed by atoms with E-state index in [0.717, 1.165) is 44.2 Å². The molecule has 2 bridgehead atoms. The average Bonchev–Trinajstić information content (AvgIpc) is 3.68. The molecule has 3 fully saturated rings. The molecule has 9 nitrogen and oxygen atoms in total. The first kappa shape index (κ1) is 29.4. The molecule has 230 valence electrons. The second kappa shape index (κ2) is 12.1. The second-order valence-electron chi connectivity index (χ2n) is 11.1. The Bertz CT molecular complexity index is 1430. The highest BCUT2D eigenvalue weighted by Crippen LogP contribution is 2.46. The molecule has 3 atom stereocenters.